The van der Waals surface area contributed by atoms with Crippen LogP contribution in [0.1, 0.15) is 52.4 Å². The van der Waals surface area contributed by atoms with Gasteiger partial charge in [-0.2, -0.15) is 0 Å². The number of ether oxygens (including phenoxy) is 1. The Morgan fingerprint density at radius 3 is 2.16 bits per heavy atom. The molecule has 136 valence electrons. The van der Waals surface area contributed by atoms with Crippen molar-refractivity contribution < 1.29 is 9.30 Å². The van der Waals surface area contributed by atoms with Crippen molar-refractivity contribution in [1.29, 1.82) is 0 Å². The van der Waals surface area contributed by atoms with Gasteiger partial charge < -0.3 is 4.74 Å². The van der Waals surface area contributed by atoms with Crippen LogP contribution in [0.25, 0.3) is 0 Å². The van der Waals surface area contributed by atoms with E-state index in [0.29, 0.717) is 11.3 Å². The molecule has 1 aromatic carbocycles. The van der Waals surface area contributed by atoms with E-state index in [-0.39, 0.29) is 5.41 Å². The highest BCUT2D eigenvalue weighted by Gasteiger charge is 2.27. The molecular formula is C21H32N3O+. The number of imidazole rings is 1. The van der Waals surface area contributed by atoms with Crippen molar-refractivity contribution in [2.24, 2.45) is 24.5 Å². The molecule has 0 radical (unpaired) electrons. The summed E-state index contributed by atoms with van der Waals surface area (Å²) >= 11 is 0. The van der Waals surface area contributed by atoms with Gasteiger partial charge in [-0.15, -0.1) is 0 Å². The molecule has 0 saturated carbocycles. The maximum Gasteiger partial charge on any atom is 0.344 e. The molecule has 2 rings (SSSR count). The number of methoxy groups -OCH3 is 1. The summed E-state index contributed by atoms with van der Waals surface area (Å²) in [6, 6.07) is 8.51. The first-order valence-electron chi connectivity index (χ1n) is 8.78. The second-order valence-corrected chi connectivity index (χ2v) is 8.63. The summed E-state index contributed by atoms with van der Waals surface area (Å²) in [6.45, 7) is 11.5. The second kappa shape index (κ2) is 7.03. The van der Waals surface area contributed by atoms with Gasteiger partial charge in [0.1, 0.15) is 12.4 Å². The first kappa shape index (κ1) is 19.2. The minimum Gasteiger partial charge on any atom is -0.475 e. The molecule has 4 nitrogen and oxygen atoms in total. The highest BCUT2D eigenvalue weighted by atomic mass is 16.5. The van der Waals surface area contributed by atoms with Crippen LogP contribution in [0.2, 0.25) is 0 Å². The predicted molar refractivity (Wildman–Crippen MR) is 103 cm³/mol. The van der Waals surface area contributed by atoms with Crippen LogP contribution in [-0.2, 0) is 24.2 Å². The van der Waals surface area contributed by atoms with Crippen molar-refractivity contribution in [3.63, 3.8) is 0 Å². The van der Waals surface area contributed by atoms with Crippen LogP contribution >= 0.6 is 0 Å². The first-order chi connectivity index (χ1) is 11.5. The lowest BCUT2D eigenvalue weighted by atomic mass is 9.72. The molecule has 0 unspecified atom stereocenters. The summed E-state index contributed by atoms with van der Waals surface area (Å²) < 4.78 is 9.54. The smallest absolute Gasteiger partial charge is 0.344 e. The third kappa shape index (κ3) is 4.71. The Morgan fingerprint density at radius 1 is 1.12 bits per heavy atom. The molecule has 0 saturated heterocycles. The number of aromatic nitrogens is 2. The summed E-state index contributed by atoms with van der Waals surface area (Å²) in [5.41, 5.74) is 2.66. The van der Waals surface area contributed by atoms with Gasteiger partial charge in [-0.05, 0) is 34.9 Å². The summed E-state index contributed by atoms with van der Waals surface area (Å²) in [6.07, 6.45) is 5.11. The number of hydrogen-bond acceptors (Lipinski definition) is 2. The van der Waals surface area contributed by atoms with Crippen molar-refractivity contribution in [2.75, 3.05) is 7.11 Å². The fourth-order valence-corrected chi connectivity index (χ4v) is 3.61. The maximum atomic E-state index is 5.53. The van der Waals surface area contributed by atoms with Crippen LogP contribution in [-0.4, -0.2) is 17.6 Å². The second-order valence-electron chi connectivity index (χ2n) is 8.63. The zero-order valence-corrected chi connectivity index (χ0v) is 16.9. The first-order valence-corrected chi connectivity index (χ1v) is 8.78. The highest BCUT2D eigenvalue weighted by Crippen LogP contribution is 2.36. The number of nitrogens with zero attached hydrogens (tertiary/aromatic N) is 3. The fourth-order valence-electron chi connectivity index (χ4n) is 3.61. The number of hydrogen-bond donors (Lipinski definition) is 0. The highest BCUT2D eigenvalue weighted by molar-refractivity contribution is 5.91. The molecule has 0 N–H and O–H groups in total. The standard InChI is InChI=1S/C21H32N3O/c1-20(2,3)15-21(4,5)16-9-11-17(12-10-16)22-18(25-8)19-23(6)13-14-24(19)7/h9-14H,15H2,1-8H3/q+1. The quantitative estimate of drug-likeness (QED) is 0.463. The molecule has 1 aromatic heterocycles. The number of aryl methyl sites for hydroxylation is 2. The van der Waals surface area contributed by atoms with Gasteiger partial charge in [0.25, 0.3) is 0 Å². The number of rotatable bonds is 4. The third-order valence-electron chi connectivity index (χ3n) is 4.42. The van der Waals surface area contributed by atoms with Crippen LogP contribution in [0.3, 0.4) is 0 Å². The molecule has 25 heavy (non-hydrogen) atoms. The molecule has 0 aliphatic rings. The predicted octanol–water partition coefficient (Wildman–Crippen LogP) is 4.29. The molecule has 0 bridgehead atoms. The molecule has 0 amide bonds. The van der Waals surface area contributed by atoms with Gasteiger partial charge in [-0.25, -0.2) is 14.1 Å². The fraction of sp³-hybridized carbons (Fsp3) is 0.524. The molecule has 0 fully saturated rings. The average molecular weight is 343 g/mol. The molecule has 1 heterocycles. The van der Waals surface area contributed by atoms with Gasteiger partial charge in [-0.1, -0.05) is 46.8 Å². The Kier molecular flexibility index (Phi) is 5.40. The summed E-state index contributed by atoms with van der Waals surface area (Å²) in [7, 11) is 5.64. The van der Waals surface area contributed by atoms with Crippen LogP contribution in [0.4, 0.5) is 5.69 Å². The van der Waals surface area contributed by atoms with E-state index in [0.717, 1.165) is 17.9 Å². The Labute approximate surface area is 152 Å². The van der Waals surface area contributed by atoms with Gasteiger partial charge in [0.2, 0.25) is 0 Å². The van der Waals surface area contributed by atoms with E-state index in [2.05, 4.69) is 58.9 Å². The molecule has 0 spiro atoms. The topological polar surface area (TPSA) is 30.4 Å². The van der Waals surface area contributed by atoms with E-state index >= 15 is 0 Å². The van der Waals surface area contributed by atoms with Crippen molar-refractivity contribution >= 4 is 11.6 Å². The van der Waals surface area contributed by atoms with Crippen molar-refractivity contribution in [2.45, 2.75) is 46.5 Å². The van der Waals surface area contributed by atoms with E-state index in [9.17, 15) is 0 Å². The van der Waals surface area contributed by atoms with E-state index in [4.69, 9.17) is 9.73 Å². The normalized spacial score (nSPS) is 13.2. The van der Waals surface area contributed by atoms with Gasteiger partial charge >= 0.3 is 11.7 Å². The molecule has 2 aromatic rings. The van der Waals surface area contributed by atoms with Crippen LogP contribution < -0.4 is 4.57 Å². The van der Waals surface area contributed by atoms with E-state index < -0.39 is 0 Å². The Hall–Kier alpha value is -2.10. The monoisotopic (exact) mass is 342 g/mol. The lowest BCUT2D eigenvalue weighted by Gasteiger charge is -2.33. The number of benzene rings is 1. The summed E-state index contributed by atoms with van der Waals surface area (Å²) in [5, 5.41) is 0. The zero-order chi connectivity index (χ0) is 18.8. The van der Waals surface area contributed by atoms with Crippen molar-refractivity contribution in [3.05, 3.63) is 48.0 Å². The van der Waals surface area contributed by atoms with Gasteiger partial charge in [0, 0.05) is 0 Å². The van der Waals surface area contributed by atoms with Gasteiger partial charge in [-0.3, -0.25) is 0 Å². The van der Waals surface area contributed by atoms with Crippen LogP contribution in [0.5, 0.6) is 0 Å². The number of aliphatic imine (C=N–C) groups is 1. The zero-order valence-electron chi connectivity index (χ0n) is 16.9. The Balaban J connectivity index is 2.30. The van der Waals surface area contributed by atoms with E-state index in [1.165, 1.54) is 5.56 Å². The average Bonchev–Trinajstić information content (AvgIpc) is 2.82. The van der Waals surface area contributed by atoms with Gasteiger partial charge in [0.15, 0.2) is 0 Å². The Morgan fingerprint density at radius 2 is 1.72 bits per heavy atom. The Bertz CT molecular complexity index is 727. The summed E-state index contributed by atoms with van der Waals surface area (Å²) in [5.74, 6) is 1.54. The van der Waals surface area contributed by atoms with E-state index in [1.54, 1.807) is 7.11 Å². The van der Waals surface area contributed by atoms with Crippen LogP contribution in [0.15, 0.2) is 41.7 Å². The SMILES string of the molecule is COC(=Nc1ccc(C(C)(C)CC(C)(C)C)cc1)c1n(C)cc[n+]1C. The minimum atomic E-state index is 0.134. The third-order valence-corrected chi connectivity index (χ3v) is 4.42. The summed E-state index contributed by atoms with van der Waals surface area (Å²) in [4.78, 5) is 4.69. The lowest BCUT2D eigenvalue weighted by molar-refractivity contribution is -0.672. The van der Waals surface area contributed by atoms with Gasteiger partial charge in [0.05, 0.1) is 26.9 Å². The lowest BCUT2D eigenvalue weighted by Crippen LogP contribution is -2.35. The molecule has 0 aliphatic heterocycles. The van der Waals surface area contributed by atoms with Crippen molar-refractivity contribution in [3.8, 4) is 0 Å². The molecule has 0 atom stereocenters. The largest absolute Gasteiger partial charge is 0.475 e. The van der Waals surface area contributed by atoms with Crippen LogP contribution in [0, 0.1) is 5.41 Å². The van der Waals surface area contributed by atoms with Crippen molar-refractivity contribution in [1.82, 2.24) is 4.57 Å². The molecule has 0 aliphatic carbocycles. The molecular weight excluding hydrogens is 310 g/mol. The molecule has 4 heteroatoms. The maximum absolute atomic E-state index is 5.53. The minimum absolute atomic E-state index is 0.134. The van der Waals surface area contributed by atoms with E-state index in [1.807, 2.05) is 35.6 Å².